The number of hydrogen-bond donors (Lipinski definition) is 1. The van der Waals surface area contributed by atoms with Crippen LogP contribution in [0.2, 0.25) is 0 Å². The van der Waals surface area contributed by atoms with E-state index in [-0.39, 0.29) is 30.2 Å². The molecule has 22 heavy (non-hydrogen) atoms. The van der Waals surface area contributed by atoms with Crippen molar-refractivity contribution in [2.45, 2.75) is 24.8 Å². The molecule has 1 heterocycles. The summed E-state index contributed by atoms with van der Waals surface area (Å²) < 4.78 is 6.35. The molecule has 0 aromatic heterocycles. The van der Waals surface area contributed by atoms with Gasteiger partial charge in [0, 0.05) is 16.9 Å². The zero-order chi connectivity index (χ0) is 15.7. The zero-order valence-corrected chi connectivity index (χ0v) is 13.7. The number of amides is 1. The lowest BCUT2D eigenvalue weighted by molar-refractivity contribution is -0.147. The summed E-state index contributed by atoms with van der Waals surface area (Å²) in [5.41, 5.74) is 1.17. The molecular weight excluding hydrogens is 350 g/mol. The van der Waals surface area contributed by atoms with Gasteiger partial charge >= 0.3 is 5.97 Å². The number of rotatable bonds is 4. The lowest BCUT2D eigenvalue weighted by Gasteiger charge is -2.35. The van der Waals surface area contributed by atoms with Crippen LogP contribution in [0.3, 0.4) is 0 Å². The fourth-order valence-corrected chi connectivity index (χ4v) is 3.34. The van der Waals surface area contributed by atoms with Gasteiger partial charge in [-0.2, -0.15) is 0 Å². The monoisotopic (exact) mass is 367 g/mol. The molecule has 1 amide bonds. The van der Waals surface area contributed by atoms with Gasteiger partial charge in [0.1, 0.15) is 0 Å². The largest absolute Gasteiger partial charge is 0.481 e. The molecular formula is C16H18BrNO4. The van der Waals surface area contributed by atoms with Gasteiger partial charge in [0.05, 0.1) is 25.7 Å². The van der Waals surface area contributed by atoms with Crippen LogP contribution in [0.5, 0.6) is 0 Å². The Morgan fingerprint density at radius 1 is 1.32 bits per heavy atom. The molecule has 1 aliphatic heterocycles. The van der Waals surface area contributed by atoms with Gasteiger partial charge in [0.2, 0.25) is 5.91 Å². The molecule has 0 spiro atoms. The molecule has 6 heteroatoms. The van der Waals surface area contributed by atoms with Crippen LogP contribution in [0.4, 0.5) is 0 Å². The SMILES string of the molecule is O=C(O)CC1COCCN1C(=O)C1CC1c1ccc(Br)cc1. The van der Waals surface area contributed by atoms with Crippen LogP contribution in [0, 0.1) is 5.92 Å². The molecule has 3 rings (SSSR count). The Morgan fingerprint density at radius 2 is 2.05 bits per heavy atom. The minimum absolute atomic E-state index is 0.0180. The Labute approximate surface area is 137 Å². The maximum atomic E-state index is 12.7. The minimum atomic E-state index is -0.895. The third kappa shape index (κ3) is 3.33. The lowest BCUT2D eigenvalue weighted by atomic mass is 10.1. The van der Waals surface area contributed by atoms with E-state index in [1.54, 1.807) is 4.90 Å². The first-order valence-electron chi connectivity index (χ1n) is 7.41. The van der Waals surface area contributed by atoms with E-state index in [9.17, 15) is 9.59 Å². The Morgan fingerprint density at radius 3 is 2.73 bits per heavy atom. The number of carbonyl (C=O) groups excluding carboxylic acids is 1. The topological polar surface area (TPSA) is 66.8 Å². The van der Waals surface area contributed by atoms with Gasteiger partial charge in [-0.3, -0.25) is 9.59 Å². The van der Waals surface area contributed by atoms with E-state index < -0.39 is 5.97 Å². The number of aliphatic carboxylic acids is 1. The van der Waals surface area contributed by atoms with E-state index in [1.807, 2.05) is 24.3 Å². The Bertz CT molecular complexity index is 574. The van der Waals surface area contributed by atoms with Gasteiger partial charge in [-0.15, -0.1) is 0 Å². The predicted octanol–water partition coefficient (Wildman–Crippen LogP) is 2.25. The molecule has 2 fully saturated rings. The van der Waals surface area contributed by atoms with Crippen LogP contribution in [0.1, 0.15) is 24.3 Å². The molecule has 0 radical (unpaired) electrons. The highest BCUT2D eigenvalue weighted by atomic mass is 79.9. The molecule has 3 unspecified atom stereocenters. The highest BCUT2D eigenvalue weighted by Gasteiger charge is 2.47. The fourth-order valence-electron chi connectivity index (χ4n) is 3.07. The van der Waals surface area contributed by atoms with Gasteiger partial charge in [0.15, 0.2) is 0 Å². The highest BCUT2D eigenvalue weighted by Crippen LogP contribution is 2.49. The smallest absolute Gasteiger partial charge is 0.305 e. The third-order valence-corrected chi connectivity index (χ3v) is 4.86. The average Bonchev–Trinajstić information content (AvgIpc) is 3.28. The number of morpholine rings is 1. The second-order valence-electron chi connectivity index (χ2n) is 5.86. The summed E-state index contributed by atoms with van der Waals surface area (Å²) in [6.07, 6.45) is 0.791. The van der Waals surface area contributed by atoms with E-state index in [1.165, 1.54) is 5.56 Å². The van der Waals surface area contributed by atoms with Gasteiger partial charge in [0.25, 0.3) is 0 Å². The van der Waals surface area contributed by atoms with Gasteiger partial charge in [-0.05, 0) is 30.0 Å². The molecule has 118 valence electrons. The van der Waals surface area contributed by atoms with E-state index in [0.717, 1.165) is 10.9 Å². The summed E-state index contributed by atoms with van der Waals surface area (Å²) in [5, 5.41) is 8.98. The second kappa shape index (κ2) is 6.38. The van der Waals surface area contributed by atoms with Gasteiger partial charge < -0.3 is 14.7 Å². The van der Waals surface area contributed by atoms with Crippen LogP contribution in [-0.2, 0) is 14.3 Å². The zero-order valence-electron chi connectivity index (χ0n) is 12.1. The van der Waals surface area contributed by atoms with E-state index in [4.69, 9.17) is 9.84 Å². The molecule has 3 atom stereocenters. The van der Waals surface area contributed by atoms with Crippen LogP contribution in [0.25, 0.3) is 0 Å². The standard InChI is InChI=1S/C16H18BrNO4/c17-11-3-1-10(2-4-11)13-8-14(13)16(21)18-5-6-22-9-12(18)7-15(19)20/h1-4,12-14H,5-9H2,(H,19,20). The maximum Gasteiger partial charge on any atom is 0.305 e. The summed E-state index contributed by atoms with van der Waals surface area (Å²) in [6, 6.07) is 7.70. The number of carbonyl (C=O) groups is 2. The predicted molar refractivity (Wildman–Crippen MR) is 83.6 cm³/mol. The summed E-state index contributed by atoms with van der Waals surface area (Å²) in [4.78, 5) is 25.3. The van der Waals surface area contributed by atoms with Gasteiger partial charge in [-0.1, -0.05) is 28.1 Å². The average molecular weight is 368 g/mol. The summed E-state index contributed by atoms with van der Waals surface area (Å²) in [6.45, 7) is 1.28. The highest BCUT2D eigenvalue weighted by molar-refractivity contribution is 9.10. The normalized spacial score (nSPS) is 27.5. The first kappa shape index (κ1) is 15.5. The van der Waals surface area contributed by atoms with Crippen molar-refractivity contribution in [3.8, 4) is 0 Å². The molecule has 1 N–H and O–H groups in total. The number of carboxylic acids is 1. The first-order chi connectivity index (χ1) is 10.6. The Kier molecular flexibility index (Phi) is 4.49. The van der Waals surface area contributed by atoms with Crippen molar-refractivity contribution in [3.05, 3.63) is 34.3 Å². The van der Waals surface area contributed by atoms with E-state index in [2.05, 4.69) is 15.9 Å². The Balaban J connectivity index is 1.66. The number of benzene rings is 1. The van der Waals surface area contributed by atoms with Crippen molar-refractivity contribution in [1.29, 1.82) is 0 Å². The third-order valence-electron chi connectivity index (χ3n) is 4.33. The molecule has 1 aromatic carbocycles. The van der Waals surface area contributed by atoms with Crippen LogP contribution >= 0.6 is 15.9 Å². The van der Waals surface area contributed by atoms with Crippen molar-refractivity contribution >= 4 is 27.8 Å². The summed E-state index contributed by atoms with van der Waals surface area (Å²) in [5.74, 6) is -0.583. The first-order valence-corrected chi connectivity index (χ1v) is 8.21. The molecule has 1 saturated heterocycles. The number of carboxylic acid groups (broad SMARTS) is 1. The molecule has 1 aromatic rings. The number of halogens is 1. The van der Waals surface area contributed by atoms with Crippen molar-refractivity contribution in [3.63, 3.8) is 0 Å². The summed E-state index contributed by atoms with van der Waals surface area (Å²) in [7, 11) is 0. The minimum Gasteiger partial charge on any atom is -0.481 e. The van der Waals surface area contributed by atoms with Crippen LogP contribution in [0.15, 0.2) is 28.7 Å². The second-order valence-corrected chi connectivity index (χ2v) is 6.77. The van der Waals surface area contributed by atoms with Crippen molar-refractivity contribution in [2.24, 2.45) is 5.92 Å². The molecule has 2 aliphatic rings. The number of hydrogen-bond acceptors (Lipinski definition) is 3. The van der Waals surface area contributed by atoms with Crippen molar-refractivity contribution in [2.75, 3.05) is 19.8 Å². The van der Waals surface area contributed by atoms with Gasteiger partial charge in [-0.25, -0.2) is 0 Å². The number of nitrogens with zero attached hydrogens (tertiary/aromatic N) is 1. The van der Waals surface area contributed by atoms with Crippen LogP contribution < -0.4 is 0 Å². The summed E-state index contributed by atoms with van der Waals surface area (Å²) >= 11 is 3.41. The quantitative estimate of drug-likeness (QED) is 0.886. The molecule has 1 aliphatic carbocycles. The van der Waals surface area contributed by atoms with Crippen molar-refractivity contribution in [1.82, 2.24) is 4.90 Å². The fraction of sp³-hybridized carbons (Fsp3) is 0.500. The maximum absolute atomic E-state index is 12.7. The molecule has 0 bridgehead atoms. The Hall–Kier alpha value is -1.40. The van der Waals surface area contributed by atoms with Crippen molar-refractivity contribution < 1.29 is 19.4 Å². The lowest BCUT2D eigenvalue weighted by Crippen LogP contribution is -2.50. The van der Waals surface area contributed by atoms with E-state index in [0.29, 0.717) is 19.8 Å². The van der Waals surface area contributed by atoms with Crippen LogP contribution in [-0.4, -0.2) is 47.7 Å². The molecule has 1 saturated carbocycles. The van der Waals surface area contributed by atoms with E-state index >= 15 is 0 Å². The number of ether oxygens (including phenoxy) is 1. The molecule has 5 nitrogen and oxygen atoms in total.